The first-order valence-electron chi connectivity index (χ1n) is 10.1. The second kappa shape index (κ2) is 10.5. The van der Waals surface area contributed by atoms with E-state index >= 15 is 0 Å². The SMILES string of the molecule is Cc1ccccc1OCc1nnc(SCC(=O)Nc2ccc(F)cc2Cl)n1-c1ccccc1. The topological polar surface area (TPSA) is 69.0 Å². The number of para-hydroxylation sites is 2. The largest absolute Gasteiger partial charge is 0.485 e. The highest BCUT2D eigenvalue weighted by Gasteiger charge is 2.17. The highest BCUT2D eigenvalue weighted by atomic mass is 35.5. The molecule has 3 aromatic carbocycles. The van der Waals surface area contributed by atoms with Crippen LogP contribution >= 0.6 is 23.4 Å². The van der Waals surface area contributed by atoms with Crippen molar-refractivity contribution in [2.45, 2.75) is 18.7 Å². The van der Waals surface area contributed by atoms with Gasteiger partial charge < -0.3 is 10.1 Å². The van der Waals surface area contributed by atoms with Crippen molar-refractivity contribution in [2.75, 3.05) is 11.1 Å². The van der Waals surface area contributed by atoms with Crippen molar-refractivity contribution < 1.29 is 13.9 Å². The van der Waals surface area contributed by atoms with Gasteiger partial charge in [-0.2, -0.15) is 0 Å². The number of thioether (sulfide) groups is 1. The molecule has 0 unspecified atom stereocenters. The molecule has 0 saturated heterocycles. The smallest absolute Gasteiger partial charge is 0.234 e. The Bertz CT molecular complexity index is 1270. The molecule has 0 spiro atoms. The maximum absolute atomic E-state index is 13.2. The van der Waals surface area contributed by atoms with Gasteiger partial charge in [0.1, 0.15) is 18.2 Å². The van der Waals surface area contributed by atoms with Crippen LogP contribution in [-0.2, 0) is 11.4 Å². The molecule has 0 saturated carbocycles. The number of hydrogen-bond acceptors (Lipinski definition) is 5. The predicted octanol–water partition coefficient (Wildman–Crippen LogP) is 5.68. The Balaban J connectivity index is 1.50. The minimum atomic E-state index is -0.469. The van der Waals surface area contributed by atoms with Crippen LogP contribution in [-0.4, -0.2) is 26.4 Å². The maximum Gasteiger partial charge on any atom is 0.234 e. The monoisotopic (exact) mass is 482 g/mol. The Morgan fingerprint density at radius 1 is 1.09 bits per heavy atom. The zero-order chi connectivity index (χ0) is 23.2. The molecule has 1 heterocycles. The highest BCUT2D eigenvalue weighted by molar-refractivity contribution is 7.99. The van der Waals surface area contributed by atoms with Crippen LogP contribution in [0.25, 0.3) is 5.69 Å². The number of rotatable bonds is 8. The average Bonchev–Trinajstić information content (AvgIpc) is 3.22. The van der Waals surface area contributed by atoms with E-state index in [1.54, 1.807) is 0 Å². The molecule has 0 radical (unpaired) electrons. The van der Waals surface area contributed by atoms with Crippen LogP contribution in [0.1, 0.15) is 11.4 Å². The first-order valence-corrected chi connectivity index (χ1v) is 11.4. The quantitative estimate of drug-likeness (QED) is 0.327. The van der Waals surface area contributed by atoms with Gasteiger partial charge in [0, 0.05) is 5.69 Å². The lowest BCUT2D eigenvalue weighted by Crippen LogP contribution is -2.15. The van der Waals surface area contributed by atoms with Gasteiger partial charge in [-0.3, -0.25) is 9.36 Å². The number of nitrogens with zero attached hydrogens (tertiary/aromatic N) is 3. The molecule has 0 aliphatic carbocycles. The maximum atomic E-state index is 13.2. The summed E-state index contributed by atoms with van der Waals surface area (Å²) in [6, 6.07) is 21.2. The summed E-state index contributed by atoms with van der Waals surface area (Å²) in [5.41, 5.74) is 2.23. The van der Waals surface area contributed by atoms with E-state index in [2.05, 4.69) is 15.5 Å². The van der Waals surface area contributed by atoms with Crippen LogP contribution < -0.4 is 10.1 Å². The number of amides is 1. The molecular weight excluding hydrogens is 463 g/mol. The number of nitrogens with one attached hydrogen (secondary N) is 1. The van der Waals surface area contributed by atoms with Gasteiger partial charge >= 0.3 is 0 Å². The minimum absolute atomic E-state index is 0.0668. The lowest BCUT2D eigenvalue weighted by atomic mass is 10.2. The number of ether oxygens (including phenoxy) is 1. The van der Waals surface area contributed by atoms with E-state index in [4.69, 9.17) is 16.3 Å². The molecule has 4 aromatic rings. The third-order valence-corrected chi connectivity index (χ3v) is 5.94. The van der Waals surface area contributed by atoms with Gasteiger partial charge in [0.2, 0.25) is 5.91 Å². The van der Waals surface area contributed by atoms with Gasteiger partial charge in [-0.25, -0.2) is 4.39 Å². The Kier molecular flexibility index (Phi) is 7.26. The Morgan fingerprint density at radius 3 is 2.61 bits per heavy atom. The lowest BCUT2D eigenvalue weighted by Gasteiger charge is -2.12. The summed E-state index contributed by atoms with van der Waals surface area (Å²) >= 11 is 7.22. The molecule has 4 rings (SSSR count). The number of benzene rings is 3. The fourth-order valence-corrected chi connectivity index (χ4v) is 4.08. The van der Waals surface area contributed by atoms with Crippen molar-refractivity contribution in [1.29, 1.82) is 0 Å². The van der Waals surface area contributed by atoms with Crippen LogP contribution in [0.15, 0.2) is 78.0 Å². The third-order valence-electron chi connectivity index (χ3n) is 4.70. The zero-order valence-electron chi connectivity index (χ0n) is 17.7. The van der Waals surface area contributed by atoms with Gasteiger partial charge in [-0.15, -0.1) is 10.2 Å². The van der Waals surface area contributed by atoms with Crippen LogP contribution in [0.5, 0.6) is 5.75 Å². The van der Waals surface area contributed by atoms with Crippen molar-refractivity contribution in [2.24, 2.45) is 0 Å². The number of aromatic nitrogens is 3. The van der Waals surface area contributed by atoms with Gasteiger partial charge in [-0.1, -0.05) is 59.8 Å². The first-order chi connectivity index (χ1) is 16.0. The fraction of sp³-hybridized carbons (Fsp3) is 0.125. The summed E-state index contributed by atoms with van der Waals surface area (Å²) in [6.07, 6.45) is 0. The molecular formula is C24H20ClFN4O2S. The van der Waals surface area contributed by atoms with Crippen molar-refractivity contribution in [1.82, 2.24) is 14.8 Å². The molecule has 1 aromatic heterocycles. The van der Waals surface area contributed by atoms with E-state index in [9.17, 15) is 9.18 Å². The molecule has 0 atom stereocenters. The van der Waals surface area contributed by atoms with E-state index in [1.807, 2.05) is 66.1 Å². The number of halogens is 2. The highest BCUT2D eigenvalue weighted by Crippen LogP contribution is 2.26. The molecule has 0 bridgehead atoms. The van der Waals surface area contributed by atoms with Crippen LogP contribution in [0, 0.1) is 12.7 Å². The first kappa shape index (κ1) is 22.8. The standard InChI is InChI=1S/C24H20ClFN4O2S/c1-16-7-5-6-10-21(16)32-14-22-28-29-24(30(22)18-8-3-2-4-9-18)33-15-23(31)27-20-12-11-17(26)13-19(20)25/h2-13H,14-15H2,1H3,(H,27,31). The van der Waals surface area contributed by atoms with Crippen molar-refractivity contribution in [3.05, 3.63) is 95.0 Å². The second-order valence-corrected chi connectivity index (χ2v) is 8.43. The third kappa shape index (κ3) is 5.71. The molecule has 168 valence electrons. The molecule has 1 N–H and O–H groups in total. The number of carbonyl (C=O) groups is 1. The van der Waals surface area contributed by atoms with Crippen LogP contribution in [0.3, 0.4) is 0 Å². The molecule has 6 nitrogen and oxygen atoms in total. The van der Waals surface area contributed by atoms with Crippen molar-refractivity contribution >= 4 is 35.0 Å². The lowest BCUT2D eigenvalue weighted by molar-refractivity contribution is -0.113. The summed E-state index contributed by atoms with van der Waals surface area (Å²) in [4.78, 5) is 12.5. The van der Waals surface area contributed by atoms with E-state index in [-0.39, 0.29) is 23.3 Å². The predicted molar refractivity (Wildman–Crippen MR) is 128 cm³/mol. The molecule has 0 aliphatic heterocycles. The van der Waals surface area contributed by atoms with Gasteiger partial charge in [0.15, 0.2) is 11.0 Å². The summed E-state index contributed by atoms with van der Waals surface area (Å²) < 4.78 is 21.1. The molecule has 0 aliphatic rings. The summed E-state index contributed by atoms with van der Waals surface area (Å²) in [7, 11) is 0. The van der Waals surface area contributed by atoms with E-state index < -0.39 is 5.82 Å². The second-order valence-electron chi connectivity index (χ2n) is 7.08. The molecule has 0 fully saturated rings. The summed E-state index contributed by atoms with van der Waals surface area (Å²) in [6.45, 7) is 2.19. The van der Waals surface area contributed by atoms with E-state index in [1.165, 1.54) is 23.9 Å². The molecule has 1 amide bonds. The van der Waals surface area contributed by atoms with Crippen LogP contribution in [0.2, 0.25) is 5.02 Å². The van der Waals surface area contributed by atoms with Gasteiger partial charge in [-0.05, 0) is 48.9 Å². The number of carbonyl (C=O) groups excluding carboxylic acids is 1. The number of hydrogen-bond donors (Lipinski definition) is 1. The average molecular weight is 483 g/mol. The number of aryl methyl sites for hydroxylation is 1. The van der Waals surface area contributed by atoms with Gasteiger partial charge in [0.05, 0.1) is 16.5 Å². The van der Waals surface area contributed by atoms with Crippen molar-refractivity contribution in [3.63, 3.8) is 0 Å². The van der Waals surface area contributed by atoms with E-state index in [0.29, 0.717) is 16.7 Å². The normalized spacial score (nSPS) is 10.8. The fourth-order valence-electron chi connectivity index (χ4n) is 3.09. The summed E-state index contributed by atoms with van der Waals surface area (Å²) in [5, 5.41) is 11.9. The minimum Gasteiger partial charge on any atom is -0.485 e. The van der Waals surface area contributed by atoms with E-state index in [0.717, 1.165) is 23.1 Å². The van der Waals surface area contributed by atoms with Gasteiger partial charge in [0.25, 0.3) is 0 Å². The van der Waals surface area contributed by atoms with Crippen molar-refractivity contribution in [3.8, 4) is 11.4 Å². The Hall–Kier alpha value is -3.36. The number of anilines is 1. The zero-order valence-corrected chi connectivity index (χ0v) is 19.2. The summed E-state index contributed by atoms with van der Waals surface area (Å²) in [5.74, 6) is 0.675. The molecule has 9 heteroatoms. The molecule has 33 heavy (non-hydrogen) atoms. The van der Waals surface area contributed by atoms with Crippen LogP contribution in [0.4, 0.5) is 10.1 Å². The Labute approximate surface area is 199 Å². The Morgan fingerprint density at radius 2 is 1.85 bits per heavy atom.